The molecule has 1 atom stereocenters. The van der Waals surface area contributed by atoms with E-state index in [1.54, 1.807) is 11.3 Å². The summed E-state index contributed by atoms with van der Waals surface area (Å²) in [5, 5.41) is 5.36. The van der Waals surface area contributed by atoms with Crippen molar-refractivity contribution < 1.29 is 4.79 Å². The van der Waals surface area contributed by atoms with E-state index in [1.165, 1.54) is 0 Å². The van der Waals surface area contributed by atoms with Crippen molar-refractivity contribution in [2.75, 3.05) is 5.32 Å². The zero-order valence-corrected chi connectivity index (χ0v) is 10.9. The van der Waals surface area contributed by atoms with Crippen LogP contribution in [0.1, 0.15) is 24.2 Å². The number of rotatable bonds is 5. The zero-order valence-electron chi connectivity index (χ0n) is 10.1. The highest BCUT2D eigenvalue weighted by Crippen LogP contribution is 2.22. The Morgan fingerprint density at radius 3 is 2.94 bits per heavy atom. The molecule has 1 heterocycles. The molecule has 94 valence electrons. The fourth-order valence-corrected chi connectivity index (χ4v) is 2.39. The van der Waals surface area contributed by atoms with E-state index in [0.29, 0.717) is 0 Å². The second-order valence-electron chi connectivity index (χ2n) is 4.08. The van der Waals surface area contributed by atoms with E-state index in [1.807, 2.05) is 42.1 Å². The van der Waals surface area contributed by atoms with Crippen LogP contribution in [0, 0.1) is 0 Å². The molecular formula is C13H15N3OS. The van der Waals surface area contributed by atoms with Crippen molar-refractivity contribution in [1.82, 2.24) is 4.98 Å². The first-order chi connectivity index (χ1) is 8.66. The van der Waals surface area contributed by atoms with Gasteiger partial charge in [-0.05, 0) is 18.6 Å². The summed E-state index contributed by atoms with van der Waals surface area (Å²) in [6.07, 6.45) is 0.243. The van der Waals surface area contributed by atoms with Crippen molar-refractivity contribution >= 4 is 22.9 Å². The first kappa shape index (κ1) is 12.6. The lowest BCUT2D eigenvalue weighted by Crippen LogP contribution is -2.16. The molecule has 1 aromatic carbocycles. The third-order valence-electron chi connectivity index (χ3n) is 2.65. The molecule has 1 amide bonds. The van der Waals surface area contributed by atoms with Gasteiger partial charge < -0.3 is 11.1 Å². The summed E-state index contributed by atoms with van der Waals surface area (Å²) >= 11 is 1.57. The molecule has 5 heteroatoms. The minimum Gasteiger partial charge on any atom is -0.377 e. The monoisotopic (exact) mass is 261 g/mol. The van der Waals surface area contributed by atoms with E-state index in [0.717, 1.165) is 16.9 Å². The van der Waals surface area contributed by atoms with Gasteiger partial charge in [0.05, 0.1) is 23.7 Å². The second kappa shape index (κ2) is 5.64. The highest BCUT2D eigenvalue weighted by atomic mass is 32.1. The number of carbonyl (C=O) groups excluding carboxylic acids is 1. The van der Waals surface area contributed by atoms with Gasteiger partial charge in [-0.15, -0.1) is 11.3 Å². The number of nitrogens with one attached hydrogen (secondary N) is 1. The number of aromatic nitrogens is 1. The van der Waals surface area contributed by atoms with E-state index in [2.05, 4.69) is 10.3 Å². The highest BCUT2D eigenvalue weighted by molar-refractivity contribution is 7.07. The van der Waals surface area contributed by atoms with Gasteiger partial charge in [0.1, 0.15) is 0 Å². The Labute approximate surface area is 110 Å². The lowest BCUT2D eigenvalue weighted by molar-refractivity contribution is -0.117. The maximum Gasteiger partial charge on any atom is 0.221 e. The smallest absolute Gasteiger partial charge is 0.221 e. The average molecular weight is 261 g/mol. The average Bonchev–Trinajstić information content (AvgIpc) is 2.84. The number of para-hydroxylation sites is 1. The van der Waals surface area contributed by atoms with Gasteiger partial charge in [0, 0.05) is 11.1 Å². The van der Waals surface area contributed by atoms with Crippen molar-refractivity contribution in [2.45, 2.75) is 19.4 Å². The summed E-state index contributed by atoms with van der Waals surface area (Å²) < 4.78 is 0. The molecule has 0 spiro atoms. The minimum atomic E-state index is -0.328. The molecule has 4 nitrogen and oxygen atoms in total. The van der Waals surface area contributed by atoms with E-state index in [-0.39, 0.29) is 18.4 Å². The first-order valence-corrected chi connectivity index (χ1v) is 6.62. The Kier molecular flexibility index (Phi) is 3.94. The van der Waals surface area contributed by atoms with Crippen molar-refractivity contribution in [3.05, 3.63) is 46.4 Å². The molecule has 0 aliphatic heterocycles. The van der Waals surface area contributed by atoms with Crippen molar-refractivity contribution in [2.24, 2.45) is 5.73 Å². The van der Waals surface area contributed by atoms with Crippen LogP contribution < -0.4 is 11.1 Å². The topological polar surface area (TPSA) is 68.0 Å². The molecule has 0 saturated heterocycles. The lowest BCUT2D eigenvalue weighted by atomic mass is 10.1. The largest absolute Gasteiger partial charge is 0.377 e. The van der Waals surface area contributed by atoms with Crippen LogP contribution in [0.5, 0.6) is 0 Å². The first-order valence-electron chi connectivity index (χ1n) is 5.67. The highest BCUT2D eigenvalue weighted by Gasteiger charge is 2.10. The zero-order chi connectivity index (χ0) is 13.0. The number of hydrogen-bond donors (Lipinski definition) is 2. The number of hydrogen-bond acceptors (Lipinski definition) is 4. The van der Waals surface area contributed by atoms with Crippen LogP contribution in [-0.2, 0) is 11.2 Å². The van der Waals surface area contributed by atoms with Gasteiger partial charge >= 0.3 is 0 Å². The van der Waals surface area contributed by atoms with E-state index < -0.39 is 0 Å². The quantitative estimate of drug-likeness (QED) is 0.868. The van der Waals surface area contributed by atoms with Crippen LogP contribution >= 0.6 is 11.3 Å². The maximum atomic E-state index is 11.0. The lowest BCUT2D eigenvalue weighted by Gasteiger charge is -2.16. The number of primary amides is 1. The molecule has 3 N–H and O–H groups in total. The van der Waals surface area contributed by atoms with Crippen LogP contribution in [-0.4, -0.2) is 10.9 Å². The van der Waals surface area contributed by atoms with Gasteiger partial charge in [0.25, 0.3) is 0 Å². The minimum absolute atomic E-state index is 0.102. The molecule has 1 aromatic heterocycles. The molecule has 0 aliphatic carbocycles. The van der Waals surface area contributed by atoms with Crippen molar-refractivity contribution in [3.8, 4) is 0 Å². The molecule has 0 radical (unpaired) electrons. The van der Waals surface area contributed by atoms with Gasteiger partial charge in [0.2, 0.25) is 5.91 Å². The Morgan fingerprint density at radius 1 is 1.50 bits per heavy atom. The molecule has 0 aliphatic rings. The predicted octanol–water partition coefficient (Wildman–Crippen LogP) is 2.34. The Morgan fingerprint density at radius 2 is 2.28 bits per heavy atom. The summed E-state index contributed by atoms with van der Waals surface area (Å²) in [6.45, 7) is 2.04. The normalized spacial score (nSPS) is 12.1. The second-order valence-corrected chi connectivity index (χ2v) is 4.80. The van der Waals surface area contributed by atoms with E-state index >= 15 is 0 Å². The van der Waals surface area contributed by atoms with E-state index in [9.17, 15) is 4.79 Å². The molecule has 0 saturated carbocycles. The molecule has 0 fully saturated rings. The molecular weight excluding hydrogens is 246 g/mol. The molecule has 0 bridgehead atoms. The molecule has 2 rings (SSSR count). The van der Waals surface area contributed by atoms with Gasteiger partial charge in [-0.25, -0.2) is 4.98 Å². The van der Waals surface area contributed by atoms with Crippen molar-refractivity contribution in [3.63, 3.8) is 0 Å². The molecule has 2 aromatic rings. The number of nitrogens with two attached hydrogens (primary N) is 1. The summed E-state index contributed by atoms with van der Waals surface area (Å²) in [5.74, 6) is -0.328. The fourth-order valence-electron chi connectivity index (χ4n) is 1.75. The maximum absolute atomic E-state index is 11.0. The predicted molar refractivity (Wildman–Crippen MR) is 73.5 cm³/mol. The molecule has 18 heavy (non-hydrogen) atoms. The Balaban J connectivity index is 2.16. The number of amides is 1. The summed E-state index contributed by atoms with van der Waals surface area (Å²) in [7, 11) is 0. The van der Waals surface area contributed by atoms with Gasteiger partial charge in [0.15, 0.2) is 0 Å². The fraction of sp³-hybridized carbons (Fsp3) is 0.231. The Hall–Kier alpha value is -1.88. The number of benzene rings is 1. The standard InChI is InChI=1S/C13H15N3OS/c1-9(12-7-18-8-15-12)16-11-5-3-2-4-10(11)6-13(14)17/h2-5,7-9,16H,6H2,1H3,(H2,14,17). The number of thiazole rings is 1. The third-order valence-corrected chi connectivity index (χ3v) is 3.25. The van der Waals surface area contributed by atoms with Crippen molar-refractivity contribution in [1.29, 1.82) is 0 Å². The molecule has 1 unspecified atom stereocenters. The Bertz CT molecular complexity index is 525. The van der Waals surface area contributed by atoms with Gasteiger partial charge in [-0.2, -0.15) is 0 Å². The summed E-state index contributed by atoms with van der Waals surface area (Å²) in [4.78, 5) is 15.3. The third kappa shape index (κ3) is 3.07. The number of anilines is 1. The summed E-state index contributed by atoms with van der Waals surface area (Å²) in [6, 6.07) is 7.78. The summed E-state index contributed by atoms with van der Waals surface area (Å²) in [5.41, 5.74) is 9.88. The number of nitrogens with zero attached hydrogens (tertiary/aromatic N) is 1. The van der Waals surface area contributed by atoms with Gasteiger partial charge in [-0.1, -0.05) is 18.2 Å². The van der Waals surface area contributed by atoms with Crippen LogP contribution in [0.25, 0.3) is 0 Å². The van der Waals surface area contributed by atoms with Crippen LogP contribution in [0.2, 0.25) is 0 Å². The van der Waals surface area contributed by atoms with Crippen LogP contribution in [0.15, 0.2) is 35.2 Å². The number of carbonyl (C=O) groups is 1. The van der Waals surface area contributed by atoms with E-state index in [4.69, 9.17) is 5.73 Å². The van der Waals surface area contributed by atoms with Crippen LogP contribution in [0.3, 0.4) is 0 Å². The van der Waals surface area contributed by atoms with Gasteiger partial charge in [-0.3, -0.25) is 4.79 Å². The van der Waals surface area contributed by atoms with Crippen LogP contribution in [0.4, 0.5) is 5.69 Å². The SMILES string of the molecule is CC(Nc1ccccc1CC(N)=O)c1cscn1.